The fourth-order valence-electron chi connectivity index (χ4n) is 2.14. The van der Waals surface area contributed by atoms with Crippen molar-refractivity contribution in [2.75, 3.05) is 6.54 Å². The summed E-state index contributed by atoms with van der Waals surface area (Å²) in [5, 5.41) is 10.6. The van der Waals surface area contributed by atoms with Crippen LogP contribution in [-0.4, -0.2) is 36.8 Å². The van der Waals surface area contributed by atoms with Crippen LogP contribution >= 0.6 is 0 Å². The summed E-state index contributed by atoms with van der Waals surface area (Å²) in [6.45, 7) is 5.87. The Hall–Kier alpha value is -2.71. The Balaban J connectivity index is 1.91. The van der Waals surface area contributed by atoms with E-state index in [2.05, 4.69) is 20.5 Å². The highest BCUT2D eigenvalue weighted by Gasteiger charge is 2.09. The van der Waals surface area contributed by atoms with E-state index in [4.69, 9.17) is 0 Å². The zero-order chi connectivity index (χ0) is 17.0. The lowest BCUT2D eigenvalue weighted by Gasteiger charge is -2.10. The minimum absolute atomic E-state index is 0.146. The molecule has 0 saturated heterocycles. The lowest BCUT2D eigenvalue weighted by Crippen LogP contribution is -2.37. The zero-order valence-corrected chi connectivity index (χ0v) is 13.4. The van der Waals surface area contributed by atoms with Gasteiger partial charge in [0.15, 0.2) is 0 Å². The van der Waals surface area contributed by atoms with Crippen molar-refractivity contribution in [3.8, 4) is 0 Å². The van der Waals surface area contributed by atoms with Gasteiger partial charge in [-0.3, -0.25) is 19.1 Å². The second-order valence-corrected chi connectivity index (χ2v) is 5.55. The highest BCUT2D eigenvalue weighted by Crippen LogP contribution is 2.06. The third kappa shape index (κ3) is 4.15. The largest absolute Gasteiger partial charge is 0.354 e. The summed E-state index contributed by atoms with van der Waals surface area (Å²) in [5.74, 6) is 0.478. The van der Waals surface area contributed by atoms with Gasteiger partial charge in [-0.2, -0.15) is 0 Å². The molecule has 23 heavy (non-hydrogen) atoms. The molecule has 9 heteroatoms. The third-order valence-corrected chi connectivity index (χ3v) is 3.38. The lowest BCUT2D eigenvalue weighted by atomic mass is 10.3. The van der Waals surface area contributed by atoms with Crippen LogP contribution in [0, 0.1) is 6.92 Å². The van der Waals surface area contributed by atoms with Gasteiger partial charge in [-0.05, 0) is 20.8 Å². The molecule has 9 nitrogen and oxygen atoms in total. The maximum atomic E-state index is 11.9. The van der Waals surface area contributed by atoms with Gasteiger partial charge >= 0.3 is 5.69 Å². The van der Waals surface area contributed by atoms with E-state index in [0.717, 1.165) is 5.82 Å². The van der Waals surface area contributed by atoms with Gasteiger partial charge < -0.3 is 9.88 Å². The summed E-state index contributed by atoms with van der Waals surface area (Å²) >= 11 is 0. The van der Waals surface area contributed by atoms with E-state index in [0.29, 0.717) is 18.5 Å². The molecule has 0 atom stereocenters. The molecule has 2 heterocycles. The van der Waals surface area contributed by atoms with Gasteiger partial charge in [0.05, 0.1) is 0 Å². The van der Waals surface area contributed by atoms with Crippen LogP contribution in [0.2, 0.25) is 0 Å². The first-order valence-corrected chi connectivity index (χ1v) is 7.34. The average molecular weight is 320 g/mol. The van der Waals surface area contributed by atoms with Crippen LogP contribution in [0.4, 0.5) is 0 Å². The Morgan fingerprint density at radius 3 is 2.83 bits per heavy atom. The molecular weight excluding hydrogens is 300 g/mol. The molecule has 0 aromatic carbocycles. The van der Waals surface area contributed by atoms with Crippen LogP contribution in [-0.2, 0) is 17.8 Å². The molecule has 0 aliphatic rings. The van der Waals surface area contributed by atoms with Crippen molar-refractivity contribution < 1.29 is 4.79 Å². The van der Waals surface area contributed by atoms with Crippen molar-refractivity contribution in [2.45, 2.75) is 39.8 Å². The van der Waals surface area contributed by atoms with E-state index in [1.54, 1.807) is 13.3 Å². The number of carbonyl (C=O) groups excluding carboxylic acids is 1. The summed E-state index contributed by atoms with van der Waals surface area (Å²) in [6.07, 6.45) is 3.57. The number of aromatic nitrogens is 5. The normalized spacial score (nSPS) is 11.0. The SMILES string of the molecule is Cc1cn(CC(=O)NCCc2nncn2C(C)C)c(=O)[nH]c1=O. The van der Waals surface area contributed by atoms with Gasteiger partial charge in [-0.1, -0.05) is 0 Å². The summed E-state index contributed by atoms with van der Waals surface area (Å²) in [5.41, 5.74) is -0.669. The highest BCUT2D eigenvalue weighted by atomic mass is 16.2. The second kappa shape index (κ2) is 7.03. The quantitative estimate of drug-likeness (QED) is 0.736. The number of hydrogen-bond donors (Lipinski definition) is 2. The van der Waals surface area contributed by atoms with Crippen LogP contribution in [0.5, 0.6) is 0 Å². The molecule has 124 valence electrons. The molecule has 0 radical (unpaired) electrons. The molecule has 0 saturated carbocycles. The first-order valence-electron chi connectivity index (χ1n) is 7.34. The van der Waals surface area contributed by atoms with Crippen LogP contribution in [0.25, 0.3) is 0 Å². The minimum atomic E-state index is -0.602. The predicted molar refractivity (Wildman–Crippen MR) is 83.2 cm³/mol. The van der Waals surface area contributed by atoms with Crippen LogP contribution < -0.4 is 16.6 Å². The van der Waals surface area contributed by atoms with Crippen molar-refractivity contribution in [1.82, 2.24) is 29.6 Å². The molecule has 2 rings (SSSR count). The minimum Gasteiger partial charge on any atom is -0.354 e. The number of carbonyl (C=O) groups is 1. The van der Waals surface area contributed by atoms with E-state index in [9.17, 15) is 14.4 Å². The number of nitrogens with zero attached hydrogens (tertiary/aromatic N) is 4. The Labute approximate surface area is 132 Å². The summed E-state index contributed by atoms with van der Waals surface area (Å²) in [6, 6.07) is 0.249. The van der Waals surface area contributed by atoms with E-state index in [-0.39, 0.29) is 18.5 Å². The van der Waals surface area contributed by atoms with Gasteiger partial charge in [0.25, 0.3) is 5.56 Å². The van der Waals surface area contributed by atoms with Gasteiger partial charge in [-0.15, -0.1) is 10.2 Å². The van der Waals surface area contributed by atoms with Gasteiger partial charge in [0.1, 0.15) is 18.7 Å². The van der Waals surface area contributed by atoms with Crippen molar-refractivity contribution in [1.29, 1.82) is 0 Å². The number of nitrogens with one attached hydrogen (secondary N) is 2. The standard InChI is InChI=1S/C14H20N6O3/c1-9(2)20-8-16-18-11(20)4-5-15-12(21)7-19-6-10(3)13(22)17-14(19)23/h6,8-9H,4-5,7H2,1-3H3,(H,15,21)(H,17,22,23). The molecule has 2 aromatic rings. The van der Waals surface area contributed by atoms with Gasteiger partial charge in [0, 0.05) is 30.8 Å². The van der Waals surface area contributed by atoms with Crippen molar-refractivity contribution in [2.24, 2.45) is 0 Å². The predicted octanol–water partition coefficient (Wildman–Crippen LogP) is -0.624. The molecule has 2 aromatic heterocycles. The van der Waals surface area contributed by atoms with E-state index in [1.807, 2.05) is 18.4 Å². The summed E-state index contributed by atoms with van der Waals surface area (Å²) in [7, 11) is 0. The number of amides is 1. The molecule has 0 unspecified atom stereocenters. The van der Waals surface area contributed by atoms with E-state index in [1.165, 1.54) is 10.8 Å². The van der Waals surface area contributed by atoms with Crippen molar-refractivity contribution in [3.05, 3.63) is 44.8 Å². The van der Waals surface area contributed by atoms with E-state index >= 15 is 0 Å². The fourth-order valence-corrected chi connectivity index (χ4v) is 2.14. The molecule has 0 aliphatic heterocycles. The summed E-state index contributed by atoms with van der Waals surface area (Å²) < 4.78 is 3.10. The highest BCUT2D eigenvalue weighted by molar-refractivity contribution is 5.75. The lowest BCUT2D eigenvalue weighted by molar-refractivity contribution is -0.121. The number of aromatic amines is 1. The smallest absolute Gasteiger partial charge is 0.328 e. The maximum Gasteiger partial charge on any atom is 0.328 e. The number of rotatable bonds is 6. The third-order valence-electron chi connectivity index (χ3n) is 3.38. The topological polar surface area (TPSA) is 115 Å². The molecule has 0 aliphatic carbocycles. The van der Waals surface area contributed by atoms with Gasteiger partial charge in [0.2, 0.25) is 5.91 Å². The second-order valence-electron chi connectivity index (χ2n) is 5.55. The molecule has 0 bridgehead atoms. The Morgan fingerprint density at radius 1 is 1.39 bits per heavy atom. The molecule has 0 fully saturated rings. The zero-order valence-electron chi connectivity index (χ0n) is 13.4. The molecule has 0 spiro atoms. The summed E-state index contributed by atoms with van der Waals surface area (Å²) in [4.78, 5) is 37.0. The Bertz CT molecular complexity index is 801. The van der Waals surface area contributed by atoms with Crippen molar-refractivity contribution >= 4 is 5.91 Å². The Kier molecular flexibility index (Phi) is 5.09. The first-order chi connectivity index (χ1) is 10.9. The van der Waals surface area contributed by atoms with Crippen LogP contribution in [0.3, 0.4) is 0 Å². The number of aryl methyl sites for hydroxylation is 1. The fraction of sp³-hybridized carbons (Fsp3) is 0.500. The Morgan fingerprint density at radius 2 is 2.13 bits per heavy atom. The molecule has 2 N–H and O–H groups in total. The van der Waals surface area contributed by atoms with Gasteiger partial charge in [-0.25, -0.2) is 4.79 Å². The van der Waals surface area contributed by atoms with Crippen LogP contribution in [0.15, 0.2) is 22.1 Å². The molecular formula is C14H20N6O3. The number of hydrogen-bond acceptors (Lipinski definition) is 5. The van der Waals surface area contributed by atoms with Crippen molar-refractivity contribution in [3.63, 3.8) is 0 Å². The number of H-pyrrole nitrogens is 1. The molecule has 1 amide bonds. The maximum absolute atomic E-state index is 11.9. The van der Waals surface area contributed by atoms with E-state index < -0.39 is 11.2 Å². The van der Waals surface area contributed by atoms with Crippen LogP contribution in [0.1, 0.15) is 31.3 Å². The monoisotopic (exact) mass is 320 g/mol. The first kappa shape index (κ1) is 16.7. The average Bonchev–Trinajstić information content (AvgIpc) is 2.93.